The molecule has 8 heteroatoms. The molecular weight excluding hydrogens is 388 g/mol. The predicted molar refractivity (Wildman–Crippen MR) is 115 cm³/mol. The fraction of sp³-hybridized carbons (Fsp3) is 0.238. The molecule has 1 aliphatic rings. The van der Waals surface area contributed by atoms with Gasteiger partial charge in [-0.3, -0.25) is 19.9 Å². The lowest BCUT2D eigenvalue weighted by Crippen LogP contribution is -2.33. The molecule has 2 aromatic carbocycles. The van der Waals surface area contributed by atoms with E-state index in [-0.39, 0.29) is 18.1 Å². The van der Waals surface area contributed by atoms with Gasteiger partial charge in [-0.1, -0.05) is 29.5 Å². The van der Waals surface area contributed by atoms with Crippen molar-refractivity contribution in [3.63, 3.8) is 0 Å². The number of amides is 1. The van der Waals surface area contributed by atoms with Crippen LogP contribution in [-0.4, -0.2) is 35.0 Å². The molecule has 0 saturated carbocycles. The number of Topliss-reactive ketones (excluding diaryl/α,β-unsaturated/α-hetero) is 1. The van der Waals surface area contributed by atoms with Gasteiger partial charge in [0, 0.05) is 6.42 Å². The van der Waals surface area contributed by atoms with Crippen molar-refractivity contribution in [1.29, 1.82) is 0 Å². The second kappa shape index (κ2) is 8.00. The van der Waals surface area contributed by atoms with E-state index < -0.39 is 6.04 Å². The summed E-state index contributed by atoms with van der Waals surface area (Å²) in [4.78, 5) is 29.3. The van der Waals surface area contributed by atoms with Crippen molar-refractivity contribution in [1.82, 2.24) is 4.98 Å². The standard InChI is InChI=1S/C21H20N4O3S/c1-3-28-15-9-10-16-19(11-15)29-21(22-16)23-20(27)17-12-18(13(2)26)25(24-17)14-7-5-4-6-8-14/h4-11,18H,3,12H2,1-2H3,(H,22,23,27). The number of carbonyl (C=O) groups excluding carboxylic acids is 2. The largest absolute Gasteiger partial charge is 0.494 e. The Labute approximate surface area is 172 Å². The Morgan fingerprint density at radius 1 is 1.24 bits per heavy atom. The summed E-state index contributed by atoms with van der Waals surface area (Å²) in [5.41, 5.74) is 1.87. The van der Waals surface area contributed by atoms with E-state index in [0.717, 1.165) is 21.7 Å². The van der Waals surface area contributed by atoms with E-state index in [0.29, 0.717) is 17.5 Å². The first-order valence-electron chi connectivity index (χ1n) is 9.32. The number of carbonyl (C=O) groups is 2. The fourth-order valence-electron chi connectivity index (χ4n) is 3.17. The zero-order valence-electron chi connectivity index (χ0n) is 16.1. The number of benzene rings is 2. The summed E-state index contributed by atoms with van der Waals surface area (Å²) in [6.45, 7) is 4.03. The smallest absolute Gasteiger partial charge is 0.273 e. The molecule has 1 aromatic heterocycles. The van der Waals surface area contributed by atoms with Crippen LogP contribution in [0.4, 0.5) is 10.8 Å². The normalized spacial score (nSPS) is 16.0. The van der Waals surface area contributed by atoms with Crippen LogP contribution in [-0.2, 0) is 9.59 Å². The molecule has 0 spiro atoms. The molecule has 0 aliphatic carbocycles. The van der Waals surface area contributed by atoms with Gasteiger partial charge in [0.25, 0.3) is 5.91 Å². The first kappa shape index (κ1) is 19.1. The van der Waals surface area contributed by atoms with Crippen molar-refractivity contribution >= 4 is 49.8 Å². The van der Waals surface area contributed by atoms with E-state index in [2.05, 4.69) is 15.4 Å². The summed E-state index contributed by atoms with van der Waals surface area (Å²) < 4.78 is 6.43. The summed E-state index contributed by atoms with van der Waals surface area (Å²) in [6, 6.07) is 14.5. The predicted octanol–water partition coefficient (Wildman–Crippen LogP) is 3.86. The molecule has 2 heterocycles. The Bertz CT molecular complexity index is 1090. The third-order valence-electron chi connectivity index (χ3n) is 4.55. The van der Waals surface area contributed by atoms with E-state index in [1.54, 1.807) is 5.01 Å². The van der Waals surface area contributed by atoms with Gasteiger partial charge in [0.1, 0.15) is 17.5 Å². The van der Waals surface area contributed by atoms with E-state index in [1.165, 1.54) is 18.3 Å². The number of anilines is 2. The second-order valence-corrected chi connectivity index (χ2v) is 7.62. The molecule has 0 radical (unpaired) electrons. The van der Waals surface area contributed by atoms with Crippen molar-refractivity contribution in [3.05, 3.63) is 48.5 Å². The number of nitrogens with zero attached hydrogens (tertiary/aromatic N) is 3. The first-order chi connectivity index (χ1) is 14.0. The fourth-order valence-corrected chi connectivity index (χ4v) is 4.06. The van der Waals surface area contributed by atoms with Gasteiger partial charge in [-0.05, 0) is 44.2 Å². The second-order valence-electron chi connectivity index (χ2n) is 6.59. The molecule has 1 amide bonds. The number of para-hydroxylation sites is 1. The van der Waals surface area contributed by atoms with Crippen LogP contribution >= 0.6 is 11.3 Å². The van der Waals surface area contributed by atoms with Crippen LogP contribution in [0.25, 0.3) is 10.2 Å². The first-order valence-corrected chi connectivity index (χ1v) is 10.1. The van der Waals surface area contributed by atoms with Gasteiger partial charge >= 0.3 is 0 Å². The van der Waals surface area contributed by atoms with Gasteiger partial charge in [0.15, 0.2) is 10.9 Å². The zero-order chi connectivity index (χ0) is 20.4. The maximum absolute atomic E-state index is 12.8. The molecule has 4 rings (SSSR count). The Morgan fingerprint density at radius 3 is 2.76 bits per heavy atom. The minimum Gasteiger partial charge on any atom is -0.494 e. The van der Waals surface area contributed by atoms with Crippen molar-refractivity contribution in [2.24, 2.45) is 5.10 Å². The Kier molecular flexibility index (Phi) is 5.26. The van der Waals surface area contributed by atoms with Crippen LogP contribution in [0.15, 0.2) is 53.6 Å². The van der Waals surface area contributed by atoms with Gasteiger partial charge in [-0.2, -0.15) is 5.10 Å². The number of ether oxygens (including phenoxy) is 1. The maximum atomic E-state index is 12.8. The number of fused-ring (bicyclic) bond motifs is 1. The van der Waals surface area contributed by atoms with E-state index in [4.69, 9.17) is 4.74 Å². The number of nitrogens with one attached hydrogen (secondary N) is 1. The summed E-state index contributed by atoms with van der Waals surface area (Å²) >= 11 is 1.37. The van der Waals surface area contributed by atoms with Crippen molar-refractivity contribution in [2.45, 2.75) is 26.3 Å². The monoisotopic (exact) mass is 408 g/mol. The number of thiazole rings is 1. The Balaban J connectivity index is 1.55. The maximum Gasteiger partial charge on any atom is 0.273 e. The number of hydrazone groups is 1. The summed E-state index contributed by atoms with van der Waals surface area (Å²) in [5, 5.41) is 9.34. The van der Waals surface area contributed by atoms with Crippen molar-refractivity contribution < 1.29 is 14.3 Å². The lowest BCUT2D eigenvalue weighted by molar-refractivity contribution is -0.118. The number of hydrogen-bond donors (Lipinski definition) is 1. The molecule has 0 bridgehead atoms. The van der Waals surface area contributed by atoms with Crippen molar-refractivity contribution in [2.75, 3.05) is 16.9 Å². The lowest BCUT2D eigenvalue weighted by Gasteiger charge is -2.20. The summed E-state index contributed by atoms with van der Waals surface area (Å²) in [6.07, 6.45) is 0.259. The quantitative estimate of drug-likeness (QED) is 0.670. The molecule has 1 aliphatic heterocycles. The zero-order valence-corrected chi connectivity index (χ0v) is 16.9. The highest BCUT2D eigenvalue weighted by molar-refractivity contribution is 7.22. The third-order valence-corrected chi connectivity index (χ3v) is 5.49. The highest BCUT2D eigenvalue weighted by Crippen LogP contribution is 2.30. The van der Waals surface area contributed by atoms with Crippen molar-refractivity contribution in [3.8, 4) is 5.75 Å². The highest BCUT2D eigenvalue weighted by Gasteiger charge is 2.34. The molecule has 29 heavy (non-hydrogen) atoms. The molecule has 7 nitrogen and oxygen atoms in total. The molecule has 148 valence electrons. The average Bonchev–Trinajstić information content (AvgIpc) is 3.32. The van der Waals surface area contributed by atoms with Gasteiger partial charge in [-0.25, -0.2) is 4.98 Å². The van der Waals surface area contributed by atoms with Crippen LogP contribution in [0, 0.1) is 0 Å². The third kappa shape index (κ3) is 3.97. The van der Waals surface area contributed by atoms with Gasteiger partial charge in [0.05, 0.1) is 22.5 Å². The Hall–Kier alpha value is -3.26. The van der Waals surface area contributed by atoms with Crippen LogP contribution in [0.1, 0.15) is 20.3 Å². The molecule has 1 atom stereocenters. The molecule has 0 fully saturated rings. The van der Waals surface area contributed by atoms with Crippen LogP contribution in [0.3, 0.4) is 0 Å². The average molecular weight is 408 g/mol. The Morgan fingerprint density at radius 2 is 2.03 bits per heavy atom. The molecule has 1 unspecified atom stereocenters. The van der Waals surface area contributed by atoms with Crippen LogP contribution < -0.4 is 15.1 Å². The molecule has 3 aromatic rings. The number of hydrogen-bond acceptors (Lipinski definition) is 7. The van der Waals surface area contributed by atoms with E-state index >= 15 is 0 Å². The molecular formula is C21H20N4O3S. The SMILES string of the molecule is CCOc1ccc2nc(NC(=O)C3=NN(c4ccccc4)C(C(C)=O)C3)sc2c1. The van der Waals surface area contributed by atoms with E-state index in [9.17, 15) is 9.59 Å². The molecule has 0 saturated heterocycles. The lowest BCUT2D eigenvalue weighted by atomic mass is 10.1. The number of ketones is 1. The minimum atomic E-state index is -0.484. The van der Waals surface area contributed by atoms with E-state index in [1.807, 2.05) is 55.5 Å². The highest BCUT2D eigenvalue weighted by atomic mass is 32.1. The minimum absolute atomic E-state index is 0.0381. The number of rotatable bonds is 6. The molecule has 1 N–H and O–H groups in total. The van der Waals surface area contributed by atoms with Gasteiger partial charge in [-0.15, -0.1) is 0 Å². The summed E-state index contributed by atoms with van der Waals surface area (Å²) in [7, 11) is 0. The topological polar surface area (TPSA) is 83.9 Å². The van der Waals surface area contributed by atoms with Gasteiger partial charge in [0.2, 0.25) is 0 Å². The van der Waals surface area contributed by atoms with Crippen LogP contribution in [0.2, 0.25) is 0 Å². The number of aromatic nitrogens is 1. The summed E-state index contributed by atoms with van der Waals surface area (Å²) in [5.74, 6) is 0.382. The van der Waals surface area contributed by atoms with Gasteiger partial charge < -0.3 is 4.74 Å². The van der Waals surface area contributed by atoms with Crippen LogP contribution in [0.5, 0.6) is 5.75 Å².